The summed E-state index contributed by atoms with van der Waals surface area (Å²) < 4.78 is 10.9. The lowest BCUT2D eigenvalue weighted by Gasteiger charge is -2.28. The van der Waals surface area contributed by atoms with Crippen LogP contribution in [0.5, 0.6) is 5.75 Å². The number of benzene rings is 1. The monoisotopic (exact) mass is 507 g/mol. The summed E-state index contributed by atoms with van der Waals surface area (Å²) in [6.07, 6.45) is 2.79. The van der Waals surface area contributed by atoms with E-state index in [0.717, 1.165) is 19.3 Å². The molecule has 36 heavy (non-hydrogen) atoms. The molecule has 1 fully saturated rings. The van der Waals surface area contributed by atoms with Gasteiger partial charge in [-0.1, -0.05) is 26.0 Å². The van der Waals surface area contributed by atoms with Crippen LogP contribution >= 0.6 is 0 Å². The molecule has 204 valence electrons. The van der Waals surface area contributed by atoms with E-state index in [1.165, 1.54) is 0 Å². The molecular weight excluding hydrogens is 462 g/mol. The Kier molecular flexibility index (Phi) is 13.2. The number of ether oxygens (including phenoxy) is 2. The van der Waals surface area contributed by atoms with Crippen LogP contribution in [0.25, 0.3) is 0 Å². The Balaban J connectivity index is 1.83. The van der Waals surface area contributed by atoms with Crippen LogP contribution in [0.15, 0.2) is 24.3 Å². The Hall–Kier alpha value is -2.20. The molecule has 0 aliphatic heterocycles. The van der Waals surface area contributed by atoms with Gasteiger partial charge in [-0.2, -0.15) is 0 Å². The van der Waals surface area contributed by atoms with E-state index in [2.05, 4.69) is 24.5 Å². The van der Waals surface area contributed by atoms with Gasteiger partial charge in [0.2, 0.25) is 5.91 Å². The van der Waals surface area contributed by atoms with Gasteiger partial charge >= 0.3 is 0 Å². The van der Waals surface area contributed by atoms with Gasteiger partial charge in [0.15, 0.2) is 0 Å². The van der Waals surface area contributed by atoms with Gasteiger partial charge in [0.25, 0.3) is 5.91 Å². The molecule has 0 spiro atoms. The number of hydrogen-bond donors (Lipinski definition) is 5. The van der Waals surface area contributed by atoms with Crippen molar-refractivity contribution in [2.24, 2.45) is 23.5 Å². The topological polar surface area (TPSA) is 143 Å². The molecule has 1 saturated carbocycles. The van der Waals surface area contributed by atoms with E-state index in [1.807, 2.05) is 6.07 Å². The molecule has 1 aromatic rings. The number of amides is 2. The van der Waals surface area contributed by atoms with Crippen molar-refractivity contribution in [2.75, 3.05) is 33.4 Å². The van der Waals surface area contributed by atoms with Crippen molar-refractivity contribution >= 4 is 11.8 Å². The molecule has 0 bridgehead atoms. The fraction of sp³-hybridized carbons (Fsp3) is 0.704. The van der Waals surface area contributed by atoms with E-state index in [0.29, 0.717) is 50.3 Å². The second kappa shape index (κ2) is 15.8. The zero-order valence-electron chi connectivity index (χ0n) is 21.9. The third kappa shape index (κ3) is 9.69. The van der Waals surface area contributed by atoms with E-state index in [4.69, 9.17) is 15.2 Å². The van der Waals surface area contributed by atoms with Crippen LogP contribution in [-0.2, 0) is 9.53 Å². The number of para-hydroxylation sites is 1. The van der Waals surface area contributed by atoms with Gasteiger partial charge in [-0.3, -0.25) is 9.59 Å². The normalized spacial score (nSPS) is 20.1. The Bertz CT molecular complexity index is 805. The fourth-order valence-corrected chi connectivity index (χ4v) is 4.46. The molecule has 2 rings (SSSR count). The highest BCUT2D eigenvalue weighted by atomic mass is 16.5. The second-order valence-electron chi connectivity index (χ2n) is 10.1. The number of aliphatic hydroxyl groups excluding tert-OH is 2. The molecule has 1 aliphatic carbocycles. The summed E-state index contributed by atoms with van der Waals surface area (Å²) in [6, 6.07) is 6.61. The van der Waals surface area contributed by atoms with Gasteiger partial charge < -0.3 is 36.1 Å². The van der Waals surface area contributed by atoms with Crippen LogP contribution in [-0.4, -0.2) is 73.7 Å². The first-order valence-electron chi connectivity index (χ1n) is 13.1. The standard InChI is InChI=1S/C27H45N3O6/c1-18(2)19(15-22(28)24(32)17-30-26(33)20-10-8-11-23(20)31)16-29-27(34)21-9-4-5-12-25(21)36-14-7-6-13-35-3/h4-5,9,12,18-20,22-24,31-32H,6-8,10-11,13-17,28H2,1-3H3,(H,29,34)(H,30,33)/t19?,20-,22?,23-,24?/m0/s1. The summed E-state index contributed by atoms with van der Waals surface area (Å²) in [5.41, 5.74) is 6.74. The molecule has 9 nitrogen and oxygen atoms in total. The summed E-state index contributed by atoms with van der Waals surface area (Å²) in [4.78, 5) is 25.2. The van der Waals surface area contributed by atoms with Gasteiger partial charge in [-0.05, 0) is 62.5 Å². The summed E-state index contributed by atoms with van der Waals surface area (Å²) in [6.45, 7) is 5.72. The SMILES string of the molecule is COCCCCOc1ccccc1C(=O)NCC(CC(N)C(O)CNC(=O)[C@H]1CCC[C@@H]1O)C(C)C. The van der Waals surface area contributed by atoms with Crippen molar-refractivity contribution in [3.8, 4) is 5.75 Å². The number of methoxy groups -OCH3 is 1. The molecule has 1 aliphatic rings. The molecule has 9 heteroatoms. The minimum atomic E-state index is -0.920. The lowest BCUT2D eigenvalue weighted by molar-refractivity contribution is -0.128. The van der Waals surface area contributed by atoms with E-state index in [9.17, 15) is 19.8 Å². The molecular formula is C27H45N3O6. The van der Waals surface area contributed by atoms with Gasteiger partial charge in [-0.15, -0.1) is 0 Å². The molecule has 6 N–H and O–H groups in total. The maximum absolute atomic E-state index is 12.9. The number of rotatable bonds is 16. The van der Waals surface area contributed by atoms with Crippen LogP contribution in [0, 0.1) is 17.8 Å². The number of unbranched alkanes of at least 4 members (excludes halogenated alkanes) is 1. The number of carbonyl (C=O) groups excluding carboxylic acids is 2. The van der Waals surface area contributed by atoms with Gasteiger partial charge in [0.1, 0.15) is 5.75 Å². The lowest BCUT2D eigenvalue weighted by atomic mass is 9.87. The highest BCUT2D eigenvalue weighted by Crippen LogP contribution is 2.25. The van der Waals surface area contributed by atoms with Crippen molar-refractivity contribution in [3.63, 3.8) is 0 Å². The summed E-state index contributed by atoms with van der Waals surface area (Å²) in [7, 11) is 1.67. The number of aliphatic hydroxyl groups is 2. The Morgan fingerprint density at radius 3 is 2.50 bits per heavy atom. The average Bonchev–Trinajstić information content (AvgIpc) is 3.30. The van der Waals surface area contributed by atoms with Crippen molar-refractivity contribution in [2.45, 2.75) is 70.6 Å². The van der Waals surface area contributed by atoms with Crippen LogP contribution < -0.4 is 21.1 Å². The minimum absolute atomic E-state index is 0.0353. The first-order chi connectivity index (χ1) is 17.2. The quantitative estimate of drug-likeness (QED) is 0.215. The summed E-state index contributed by atoms with van der Waals surface area (Å²) in [5.74, 6) is -0.0664. The van der Waals surface area contributed by atoms with E-state index in [1.54, 1.807) is 25.3 Å². The zero-order chi connectivity index (χ0) is 26.5. The van der Waals surface area contributed by atoms with Crippen LogP contribution in [0.1, 0.15) is 62.7 Å². The Morgan fingerprint density at radius 2 is 1.83 bits per heavy atom. The van der Waals surface area contributed by atoms with Crippen LogP contribution in [0.3, 0.4) is 0 Å². The molecule has 1 aromatic carbocycles. The van der Waals surface area contributed by atoms with Gasteiger partial charge in [0.05, 0.1) is 30.3 Å². The number of hydrogen-bond acceptors (Lipinski definition) is 7. The maximum atomic E-state index is 12.9. The Labute approximate surface area is 215 Å². The first-order valence-corrected chi connectivity index (χ1v) is 13.1. The number of carbonyl (C=O) groups is 2. The van der Waals surface area contributed by atoms with Gasteiger partial charge in [0, 0.05) is 32.8 Å². The van der Waals surface area contributed by atoms with Crippen molar-refractivity contribution in [1.82, 2.24) is 10.6 Å². The van der Waals surface area contributed by atoms with Crippen molar-refractivity contribution < 1.29 is 29.3 Å². The average molecular weight is 508 g/mol. The summed E-state index contributed by atoms with van der Waals surface area (Å²) >= 11 is 0. The third-order valence-electron chi connectivity index (χ3n) is 6.97. The van der Waals surface area contributed by atoms with Crippen LogP contribution in [0.2, 0.25) is 0 Å². The van der Waals surface area contributed by atoms with E-state index in [-0.39, 0.29) is 30.2 Å². The largest absolute Gasteiger partial charge is 0.493 e. The highest BCUT2D eigenvalue weighted by Gasteiger charge is 2.32. The fourth-order valence-electron chi connectivity index (χ4n) is 4.46. The summed E-state index contributed by atoms with van der Waals surface area (Å²) in [5, 5.41) is 26.1. The van der Waals surface area contributed by atoms with Crippen LogP contribution in [0.4, 0.5) is 0 Å². The molecule has 2 amide bonds. The molecule has 3 unspecified atom stereocenters. The number of nitrogens with two attached hydrogens (primary N) is 1. The van der Waals surface area contributed by atoms with E-state index >= 15 is 0 Å². The molecule has 5 atom stereocenters. The minimum Gasteiger partial charge on any atom is -0.493 e. The van der Waals surface area contributed by atoms with Crippen molar-refractivity contribution in [3.05, 3.63) is 29.8 Å². The molecule has 0 radical (unpaired) electrons. The lowest BCUT2D eigenvalue weighted by Crippen LogP contribution is -2.47. The second-order valence-corrected chi connectivity index (χ2v) is 10.1. The maximum Gasteiger partial charge on any atom is 0.255 e. The Morgan fingerprint density at radius 1 is 1.11 bits per heavy atom. The molecule has 0 saturated heterocycles. The molecule has 0 aromatic heterocycles. The highest BCUT2D eigenvalue weighted by molar-refractivity contribution is 5.96. The predicted molar refractivity (Wildman–Crippen MR) is 139 cm³/mol. The third-order valence-corrected chi connectivity index (χ3v) is 6.97. The van der Waals surface area contributed by atoms with E-state index < -0.39 is 24.2 Å². The van der Waals surface area contributed by atoms with Crippen molar-refractivity contribution in [1.29, 1.82) is 0 Å². The smallest absolute Gasteiger partial charge is 0.255 e. The van der Waals surface area contributed by atoms with Gasteiger partial charge in [-0.25, -0.2) is 0 Å². The predicted octanol–water partition coefficient (Wildman–Crippen LogP) is 1.85. The zero-order valence-corrected chi connectivity index (χ0v) is 21.9. The first kappa shape index (κ1) is 30.0. The number of nitrogens with one attached hydrogen (secondary N) is 2. The molecule has 0 heterocycles.